The molecule has 0 spiro atoms. The first kappa shape index (κ1) is 13.7. The molecule has 0 aromatic heterocycles. The minimum absolute atomic E-state index is 0.0948. The van der Waals surface area contributed by atoms with Crippen molar-refractivity contribution in [1.29, 1.82) is 0 Å². The van der Waals surface area contributed by atoms with Gasteiger partial charge in [0.05, 0.1) is 18.8 Å². The van der Waals surface area contributed by atoms with E-state index in [1.807, 2.05) is 13.8 Å². The van der Waals surface area contributed by atoms with Crippen molar-refractivity contribution in [2.45, 2.75) is 26.1 Å². The first-order valence-electron chi connectivity index (χ1n) is 6.07. The summed E-state index contributed by atoms with van der Waals surface area (Å²) < 4.78 is 32.9. The van der Waals surface area contributed by atoms with E-state index in [9.17, 15) is 13.2 Å². The van der Waals surface area contributed by atoms with E-state index < -0.39 is 10.2 Å². The maximum absolute atomic E-state index is 12.4. The molecule has 1 N–H and O–H groups in total. The molecule has 18 heavy (non-hydrogen) atoms. The Labute approximate surface area is 107 Å². The fraction of sp³-hybridized carbons (Fsp3) is 0.900. The number of ether oxygens (including phenoxy) is 1. The third-order valence-electron chi connectivity index (χ3n) is 3.04. The van der Waals surface area contributed by atoms with Gasteiger partial charge in [0.2, 0.25) is 5.91 Å². The van der Waals surface area contributed by atoms with Gasteiger partial charge in [0.1, 0.15) is 0 Å². The molecule has 8 heteroatoms. The van der Waals surface area contributed by atoms with Crippen molar-refractivity contribution in [2.75, 3.05) is 32.7 Å². The number of nitrogens with zero attached hydrogens (tertiary/aromatic N) is 2. The van der Waals surface area contributed by atoms with Gasteiger partial charge in [-0.2, -0.15) is 17.0 Å². The van der Waals surface area contributed by atoms with E-state index in [0.717, 1.165) is 0 Å². The van der Waals surface area contributed by atoms with Crippen LogP contribution in [0.25, 0.3) is 0 Å². The van der Waals surface area contributed by atoms with Crippen LogP contribution in [0.5, 0.6) is 0 Å². The summed E-state index contributed by atoms with van der Waals surface area (Å²) in [5, 5.41) is 2.62. The number of amides is 1. The zero-order chi connectivity index (χ0) is 13.3. The van der Waals surface area contributed by atoms with Gasteiger partial charge in [0, 0.05) is 26.2 Å². The van der Waals surface area contributed by atoms with Crippen molar-refractivity contribution >= 4 is 16.1 Å². The number of hydrogen-bond acceptors (Lipinski definition) is 4. The summed E-state index contributed by atoms with van der Waals surface area (Å²) in [5.74, 6) is -0.251. The highest BCUT2D eigenvalue weighted by Gasteiger charge is 2.37. The van der Waals surface area contributed by atoms with Crippen molar-refractivity contribution in [2.24, 2.45) is 0 Å². The average Bonchev–Trinajstić information content (AvgIpc) is 2.27. The second kappa shape index (κ2) is 5.12. The molecule has 0 bridgehead atoms. The van der Waals surface area contributed by atoms with E-state index in [-0.39, 0.29) is 24.7 Å². The van der Waals surface area contributed by atoms with Crippen LogP contribution in [0, 0.1) is 0 Å². The Hall–Kier alpha value is -0.700. The number of carbonyl (C=O) groups excluding carboxylic acids is 1. The van der Waals surface area contributed by atoms with E-state index in [1.54, 1.807) is 0 Å². The Morgan fingerprint density at radius 2 is 1.83 bits per heavy atom. The standard InChI is InChI=1S/C10H19N3O4S/c1-8-5-13(6-9(2)17-8)18(15,16)12-4-3-11-10(14)7-12/h8-9H,3-7H2,1-2H3,(H,11,14)/t8-,9-/m0/s1. The second-order valence-corrected chi connectivity index (χ2v) is 6.69. The molecule has 2 atom stereocenters. The lowest BCUT2D eigenvalue weighted by atomic mass is 10.3. The zero-order valence-electron chi connectivity index (χ0n) is 10.6. The van der Waals surface area contributed by atoms with Gasteiger partial charge in [-0.05, 0) is 13.8 Å². The van der Waals surface area contributed by atoms with Crippen LogP contribution >= 0.6 is 0 Å². The molecule has 2 aliphatic rings. The monoisotopic (exact) mass is 277 g/mol. The maximum atomic E-state index is 12.4. The Balaban J connectivity index is 2.12. The fourth-order valence-electron chi connectivity index (χ4n) is 2.29. The van der Waals surface area contributed by atoms with Crippen LogP contribution in [0.1, 0.15) is 13.8 Å². The second-order valence-electron chi connectivity index (χ2n) is 4.77. The molecule has 2 aliphatic heterocycles. The van der Waals surface area contributed by atoms with Gasteiger partial charge in [0.15, 0.2) is 0 Å². The van der Waals surface area contributed by atoms with E-state index in [2.05, 4.69) is 5.32 Å². The summed E-state index contributed by atoms with van der Waals surface area (Å²) in [7, 11) is -3.56. The Morgan fingerprint density at radius 3 is 2.39 bits per heavy atom. The number of morpholine rings is 1. The highest BCUT2D eigenvalue weighted by Crippen LogP contribution is 2.17. The van der Waals surface area contributed by atoms with Crippen molar-refractivity contribution < 1.29 is 17.9 Å². The largest absolute Gasteiger partial charge is 0.373 e. The van der Waals surface area contributed by atoms with Crippen LogP contribution in [0.15, 0.2) is 0 Å². The Kier molecular flexibility index (Phi) is 3.90. The van der Waals surface area contributed by atoms with Gasteiger partial charge >= 0.3 is 0 Å². The number of piperazine rings is 1. The molecule has 2 heterocycles. The SMILES string of the molecule is C[C@H]1CN(S(=O)(=O)N2CCNC(=O)C2)C[C@H](C)O1. The highest BCUT2D eigenvalue weighted by atomic mass is 32.2. The molecule has 0 aromatic carbocycles. The molecule has 1 amide bonds. The first-order chi connectivity index (χ1) is 8.39. The highest BCUT2D eigenvalue weighted by molar-refractivity contribution is 7.86. The topological polar surface area (TPSA) is 79.0 Å². The van der Waals surface area contributed by atoms with Gasteiger partial charge in [0.25, 0.3) is 10.2 Å². The third-order valence-corrected chi connectivity index (χ3v) is 4.96. The molecule has 2 fully saturated rings. The van der Waals surface area contributed by atoms with Crippen LogP contribution in [0.4, 0.5) is 0 Å². The number of nitrogens with one attached hydrogen (secondary N) is 1. The fourth-order valence-corrected chi connectivity index (χ4v) is 4.02. The zero-order valence-corrected chi connectivity index (χ0v) is 11.4. The third kappa shape index (κ3) is 2.82. The number of carbonyl (C=O) groups is 1. The lowest BCUT2D eigenvalue weighted by Crippen LogP contribution is -2.57. The molecule has 0 aromatic rings. The van der Waals surface area contributed by atoms with Gasteiger partial charge < -0.3 is 10.1 Å². The van der Waals surface area contributed by atoms with Gasteiger partial charge in [-0.15, -0.1) is 0 Å². The summed E-state index contributed by atoms with van der Waals surface area (Å²) in [5.41, 5.74) is 0. The predicted molar refractivity (Wildman–Crippen MR) is 65.1 cm³/mol. The summed E-state index contributed by atoms with van der Waals surface area (Å²) in [6.45, 7) is 4.97. The quantitative estimate of drug-likeness (QED) is 0.685. The Bertz CT molecular complexity index is 415. The molecule has 0 saturated carbocycles. The first-order valence-corrected chi connectivity index (χ1v) is 7.46. The normalized spacial score (nSPS) is 32.2. The van der Waals surface area contributed by atoms with Crippen LogP contribution in [-0.2, 0) is 19.7 Å². The van der Waals surface area contributed by atoms with Crippen molar-refractivity contribution in [3.63, 3.8) is 0 Å². The van der Waals surface area contributed by atoms with Crippen LogP contribution < -0.4 is 5.32 Å². The lowest BCUT2D eigenvalue weighted by Gasteiger charge is -2.38. The Morgan fingerprint density at radius 1 is 1.22 bits per heavy atom. The van der Waals surface area contributed by atoms with Gasteiger partial charge in [-0.25, -0.2) is 0 Å². The van der Waals surface area contributed by atoms with Crippen molar-refractivity contribution in [1.82, 2.24) is 13.9 Å². The smallest absolute Gasteiger partial charge is 0.282 e. The lowest BCUT2D eigenvalue weighted by molar-refractivity contribution is -0.122. The summed E-state index contributed by atoms with van der Waals surface area (Å²) in [4.78, 5) is 11.3. The van der Waals surface area contributed by atoms with E-state index >= 15 is 0 Å². The molecule has 7 nitrogen and oxygen atoms in total. The van der Waals surface area contributed by atoms with Gasteiger partial charge in [-0.1, -0.05) is 0 Å². The molecule has 104 valence electrons. The summed E-state index contributed by atoms with van der Waals surface area (Å²) >= 11 is 0. The molecule has 0 unspecified atom stereocenters. The summed E-state index contributed by atoms with van der Waals surface area (Å²) in [6.07, 6.45) is -0.246. The molecule has 2 rings (SSSR count). The molecular weight excluding hydrogens is 258 g/mol. The summed E-state index contributed by atoms with van der Waals surface area (Å²) in [6, 6.07) is 0. The predicted octanol–water partition coefficient (Wildman–Crippen LogP) is -1.23. The van der Waals surface area contributed by atoms with E-state index in [1.165, 1.54) is 8.61 Å². The van der Waals surface area contributed by atoms with Gasteiger partial charge in [-0.3, -0.25) is 4.79 Å². The van der Waals surface area contributed by atoms with Crippen LogP contribution in [0.2, 0.25) is 0 Å². The van der Waals surface area contributed by atoms with E-state index in [0.29, 0.717) is 26.2 Å². The van der Waals surface area contributed by atoms with Crippen molar-refractivity contribution in [3.8, 4) is 0 Å². The average molecular weight is 277 g/mol. The maximum Gasteiger partial charge on any atom is 0.282 e. The van der Waals surface area contributed by atoms with Crippen molar-refractivity contribution in [3.05, 3.63) is 0 Å². The van der Waals surface area contributed by atoms with Crippen LogP contribution in [0.3, 0.4) is 0 Å². The molecule has 0 radical (unpaired) electrons. The molecule has 0 aliphatic carbocycles. The van der Waals surface area contributed by atoms with E-state index in [4.69, 9.17) is 4.74 Å². The number of hydrogen-bond donors (Lipinski definition) is 1. The minimum atomic E-state index is -3.56. The minimum Gasteiger partial charge on any atom is -0.373 e. The molecular formula is C10H19N3O4S. The van der Waals surface area contributed by atoms with Crippen LogP contribution in [-0.4, -0.2) is 67.9 Å². The number of rotatable bonds is 2. The molecule has 2 saturated heterocycles.